The van der Waals surface area contributed by atoms with Crippen molar-refractivity contribution in [3.63, 3.8) is 0 Å². The molecule has 0 spiro atoms. The quantitative estimate of drug-likeness (QED) is 0.390. The van der Waals surface area contributed by atoms with Crippen molar-refractivity contribution in [2.75, 3.05) is 31.2 Å². The van der Waals surface area contributed by atoms with Gasteiger partial charge >= 0.3 is 0 Å². The van der Waals surface area contributed by atoms with E-state index in [9.17, 15) is 22.7 Å². The van der Waals surface area contributed by atoms with Crippen molar-refractivity contribution >= 4 is 32.7 Å². The van der Waals surface area contributed by atoms with Gasteiger partial charge in [0.05, 0.1) is 35.2 Å². The van der Waals surface area contributed by atoms with Gasteiger partial charge in [-0.05, 0) is 38.8 Å². The van der Waals surface area contributed by atoms with Gasteiger partial charge in [-0.3, -0.25) is 9.36 Å². The number of carbonyl (C=O) groups is 1. The van der Waals surface area contributed by atoms with Crippen LogP contribution in [0.15, 0.2) is 36.8 Å². The van der Waals surface area contributed by atoms with Crippen molar-refractivity contribution < 1.29 is 22.7 Å². The van der Waals surface area contributed by atoms with Crippen LogP contribution >= 0.6 is 0 Å². The second-order valence-electron chi connectivity index (χ2n) is 9.93. The summed E-state index contributed by atoms with van der Waals surface area (Å²) >= 11 is 0. The van der Waals surface area contributed by atoms with Crippen LogP contribution < -0.4 is 10.6 Å². The molecule has 0 bridgehead atoms. The molecule has 1 aliphatic heterocycles. The van der Waals surface area contributed by atoms with Crippen LogP contribution in [0.2, 0.25) is 0 Å². The summed E-state index contributed by atoms with van der Waals surface area (Å²) in [6.07, 6.45) is 5.16. The van der Waals surface area contributed by atoms with E-state index in [1.807, 2.05) is 0 Å². The summed E-state index contributed by atoms with van der Waals surface area (Å²) in [6.45, 7) is 2.96. The molecule has 4 rings (SSSR count). The third-order valence-corrected chi connectivity index (χ3v) is 7.83. The van der Waals surface area contributed by atoms with Gasteiger partial charge in [0.1, 0.15) is 23.7 Å². The van der Waals surface area contributed by atoms with E-state index in [4.69, 9.17) is 5.26 Å². The van der Waals surface area contributed by atoms with Gasteiger partial charge in [0.2, 0.25) is 10.0 Å². The first-order valence-corrected chi connectivity index (χ1v) is 14.0. The molecule has 11 nitrogen and oxygen atoms in total. The van der Waals surface area contributed by atoms with E-state index in [1.165, 1.54) is 36.8 Å². The van der Waals surface area contributed by atoms with E-state index < -0.39 is 27.7 Å². The molecule has 4 heterocycles. The zero-order valence-electron chi connectivity index (χ0n) is 21.3. The Labute approximate surface area is 220 Å². The molecule has 1 saturated heterocycles. The highest BCUT2D eigenvalue weighted by Gasteiger charge is 2.29. The molecule has 0 saturated carbocycles. The highest BCUT2D eigenvalue weighted by Crippen LogP contribution is 2.26. The van der Waals surface area contributed by atoms with Crippen LogP contribution in [0.4, 0.5) is 10.1 Å². The molecule has 0 aromatic carbocycles. The first-order chi connectivity index (χ1) is 17.9. The lowest BCUT2D eigenvalue weighted by Gasteiger charge is -2.31. The van der Waals surface area contributed by atoms with E-state index in [2.05, 4.69) is 26.7 Å². The largest absolute Gasteiger partial charge is 0.387 e. The van der Waals surface area contributed by atoms with Crippen molar-refractivity contribution in [2.24, 2.45) is 0 Å². The maximum absolute atomic E-state index is 14.3. The van der Waals surface area contributed by atoms with Crippen LogP contribution in [0.1, 0.15) is 42.6 Å². The van der Waals surface area contributed by atoms with Crippen LogP contribution in [0, 0.1) is 11.3 Å². The minimum Gasteiger partial charge on any atom is -0.387 e. The van der Waals surface area contributed by atoms with Gasteiger partial charge in [0.15, 0.2) is 0 Å². The number of aromatic nitrogens is 3. The molecule has 38 heavy (non-hydrogen) atoms. The van der Waals surface area contributed by atoms with Crippen LogP contribution in [-0.4, -0.2) is 82.0 Å². The minimum absolute atomic E-state index is 0.113. The van der Waals surface area contributed by atoms with Crippen LogP contribution in [0.3, 0.4) is 0 Å². The Kier molecular flexibility index (Phi) is 7.68. The van der Waals surface area contributed by atoms with Crippen molar-refractivity contribution in [3.05, 3.63) is 47.9 Å². The highest BCUT2D eigenvalue weighted by molar-refractivity contribution is 7.88. The van der Waals surface area contributed by atoms with Gasteiger partial charge in [-0.15, -0.1) is 0 Å². The van der Waals surface area contributed by atoms with E-state index in [1.54, 1.807) is 29.0 Å². The standard InChI is InChI=1S/C25H30FN7O4S/c1-25(2,35)21(26)15-30-24(34)19-14-28-22(33-9-4-17-10-16(12-27)13-29-23(17)33)11-20(19)31-18-5-7-32(8-6-18)38(3,36)37/h4,9-11,13-14,18,21,35H,5-8,15H2,1-3H3,(H,28,31)(H,30,34)/t21-/m1/s1. The number of aliphatic hydroxyl groups is 1. The average molecular weight is 544 g/mol. The topological polar surface area (TPSA) is 153 Å². The fourth-order valence-corrected chi connectivity index (χ4v) is 5.10. The lowest BCUT2D eigenvalue weighted by atomic mass is 10.0. The summed E-state index contributed by atoms with van der Waals surface area (Å²) in [5, 5.41) is 25.6. The molecule has 1 atom stereocenters. The number of sulfonamides is 1. The van der Waals surface area contributed by atoms with Crippen LogP contribution in [0.5, 0.6) is 0 Å². The number of hydrogen-bond donors (Lipinski definition) is 3. The molecular weight excluding hydrogens is 513 g/mol. The number of piperidine rings is 1. The number of fused-ring (bicyclic) bond motifs is 1. The van der Waals surface area contributed by atoms with E-state index in [0.717, 1.165) is 5.39 Å². The summed E-state index contributed by atoms with van der Waals surface area (Å²) in [5.41, 5.74) is 0.0116. The summed E-state index contributed by atoms with van der Waals surface area (Å²) in [5.74, 6) is -0.106. The number of pyridine rings is 2. The number of nitriles is 1. The fourth-order valence-electron chi connectivity index (χ4n) is 4.23. The summed E-state index contributed by atoms with van der Waals surface area (Å²) in [6, 6.07) is 7.14. The number of hydrogen-bond acceptors (Lipinski definition) is 8. The maximum Gasteiger partial charge on any atom is 0.255 e. The molecule has 0 unspecified atom stereocenters. The van der Waals surface area contributed by atoms with Crippen LogP contribution in [-0.2, 0) is 10.0 Å². The fraction of sp³-hybridized carbons (Fsp3) is 0.440. The predicted octanol–water partition coefficient (Wildman–Crippen LogP) is 1.97. The monoisotopic (exact) mass is 543 g/mol. The third kappa shape index (κ3) is 6.09. The minimum atomic E-state index is -3.29. The summed E-state index contributed by atoms with van der Waals surface area (Å²) < 4.78 is 41.2. The van der Waals surface area contributed by atoms with Crippen LogP contribution in [0.25, 0.3) is 16.9 Å². The molecule has 3 aromatic heterocycles. The van der Waals surface area contributed by atoms with Gasteiger partial charge < -0.3 is 15.7 Å². The molecule has 0 aliphatic carbocycles. The second kappa shape index (κ2) is 10.6. The Bertz CT molecular complexity index is 1490. The third-order valence-electron chi connectivity index (χ3n) is 6.53. The maximum atomic E-state index is 14.3. The zero-order valence-corrected chi connectivity index (χ0v) is 22.2. The number of nitrogens with zero attached hydrogens (tertiary/aromatic N) is 5. The lowest BCUT2D eigenvalue weighted by Crippen LogP contribution is -2.43. The Morgan fingerprint density at radius 2 is 2.00 bits per heavy atom. The normalized spacial score (nSPS) is 16.2. The van der Waals surface area contributed by atoms with E-state index in [0.29, 0.717) is 48.6 Å². The lowest BCUT2D eigenvalue weighted by molar-refractivity contribution is -0.00177. The SMILES string of the molecule is CC(C)(O)[C@H](F)CNC(=O)c1cnc(-n2ccc3cc(C#N)cnc32)cc1NC1CCN(S(C)(=O)=O)CC1. The molecule has 1 aliphatic rings. The molecule has 202 valence electrons. The average Bonchev–Trinajstić information content (AvgIpc) is 3.29. The number of rotatable bonds is 8. The van der Waals surface area contributed by atoms with E-state index in [-0.39, 0.29) is 18.2 Å². The zero-order chi connectivity index (χ0) is 27.7. The molecule has 0 radical (unpaired) electrons. The van der Waals surface area contributed by atoms with Crippen molar-refractivity contribution in [3.8, 4) is 11.9 Å². The Morgan fingerprint density at radius 3 is 2.63 bits per heavy atom. The molecule has 3 aromatic rings. The van der Waals surface area contributed by atoms with Crippen molar-refractivity contribution in [2.45, 2.75) is 44.5 Å². The summed E-state index contributed by atoms with van der Waals surface area (Å²) in [7, 11) is -3.29. The van der Waals surface area contributed by atoms with Gasteiger partial charge in [0, 0.05) is 49.2 Å². The van der Waals surface area contributed by atoms with E-state index >= 15 is 0 Å². The number of carbonyl (C=O) groups excluding carboxylic acids is 1. The Morgan fingerprint density at radius 1 is 1.29 bits per heavy atom. The van der Waals surface area contributed by atoms with Gasteiger partial charge in [-0.25, -0.2) is 27.1 Å². The predicted molar refractivity (Wildman–Crippen MR) is 140 cm³/mol. The molecule has 13 heteroatoms. The molecule has 1 amide bonds. The van der Waals surface area contributed by atoms with Crippen molar-refractivity contribution in [1.82, 2.24) is 24.2 Å². The molecule has 3 N–H and O–H groups in total. The smallest absolute Gasteiger partial charge is 0.255 e. The molecular formula is C25H30FN7O4S. The van der Waals surface area contributed by atoms with Gasteiger partial charge in [-0.1, -0.05) is 0 Å². The Hall–Kier alpha value is -3.60. The highest BCUT2D eigenvalue weighted by atomic mass is 32.2. The van der Waals surface area contributed by atoms with Gasteiger partial charge in [-0.2, -0.15) is 5.26 Å². The number of halogens is 1. The van der Waals surface area contributed by atoms with Crippen molar-refractivity contribution in [1.29, 1.82) is 5.26 Å². The number of nitrogens with one attached hydrogen (secondary N) is 2. The molecule has 1 fully saturated rings. The first kappa shape index (κ1) is 27.4. The number of alkyl halides is 1. The number of anilines is 1. The van der Waals surface area contributed by atoms with Gasteiger partial charge in [0.25, 0.3) is 5.91 Å². The second-order valence-corrected chi connectivity index (χ2v) is 11.9. The first-order valence-electron chi connectivity index (χ1n) is 12.1. The number of amides is 1. The summed E-state index contributed by atoms with van der Waals surface area (Å²) in [4.78, 5) is 21.8. The Balaban J connectivity index is 1.64.